The molecule has 1 N–H and O–H groups in total. The summed E-state index contributed by atoms with van der Waals surface area (Å²) < 4.78 is 7.83. The van der Waals surface area contributed by atoms with E-state index in [9.17, 15) is 4.79 Å². The maximum Gasteiger partial charge on any atom is 0.335 e. The van der Waals surface area contributed by atoms with Crippen LogP contribution in [0, 0.1) is 0 Å². The van der Waals surface area contributed by atoms with Crippen LogP contribution in [0.4, 0.5) is 0 Å². The second-order valence-corrected chi connectivity index (χ2v) is 5.63. The van der Waals surface area contributed by atoms with Gasteiger partial charge in [0.1, 0.15) is 5.82 Å². The molecule has 1 aliphatic carbocycles. The largest absolute Gasteiger partial charge is 0.478 e. The number of aromatic carboxylic acids is 1. The number of hydrogen-bond acceptors (Lipinski definition) is 3. The van der Waals surface area contributed by atoms with Gasteiger partial charge in [-0.15, -0.1) is 0 Å². The van der Waals surface area contributed by atoms with Gasteiger partial charge in [0.2, 0.25) is 0 Å². The molecule has 1 aromatic carbocycles. The van der Waals surface area contributed by atoms with Crippen LogP contribution in [0.25, 0.3) is 11.0 Å². The fourth-order valence-corrected chi connectivity index (χ4v) is 2.72. The maximum absolute atomic E-state index is 11.1. The molecule has 0 amide bonds. The number of carbonyl (C=O) groups is 1. The van der Waals surface area contributed by atoms with Gasteiger partial charge in [0.05, 0.1) is 29.2 Å². The molecule has 0 radical (unpaired) electrons. The fourth-order valence-electron chi connectivity index (χ4n) is 2.72. The molecule has 112 valence electrons. The van der Waals surface area contributed by atoms with Crippen LogP contribution in [0.3, 0.4) is 0 Å². The van der Waals surface area contributed by atoms with E-state index in [0.29, 0.717) is 12.5 Å². The normalized spacial score (nSPS) is 16.3. The minimum atomic E-state index is -0.915. The molecular weight excluding hydrogens is 268 g/mol. The van der Waals surface area contributed by atoms with Crippen LogP contribution in [0.1, 0.15) is 48.8 Å². The lowest BCUT2D eigenvalue weighted by molar-refractivity contribution is 0.0642. The molecular formula is C16H20N2O3. The minimum Gasteiger partial charge on any atom is -0.478 e. The van der Waals surface area contributed by atoms with Crippen LogP contribution < -0.4 is 0 Å². The average molecular weight is 288 g/mol. The highest BCUT2D eigenvalue weighted by atomic mass is 16.5. The van der Waals surface area contributed by atoms with Gasteiger partial charge in [0, 0.05) is 12.5 Å². The van der Waals surface area contributed by atoms with E-state index in [1.165, 1.54) is 0 Å². The number of carboxylic acid groups (broad SMARTS) is 1. The number of aromatic nitrogens is 2. The molecule has 0 bridgehead atoms. The zero-order chi connectivity index (χ0) is 15.0. The fraction of sp³-hybridized carbons (Fsp3) is 0.500. The van der Waals surface area contributed by atoms with E-state index in [-0.39, 0.29) is 11.7 Å². The summed E-state index contributed by atoms with van der Waals surface area (Å²) in [5, 5.41) is 9.10. The van der Waals surface area contributed by atoms with E-state index >= 15 is 0 Å². The first-order valence-electron chi connectivity index (χ1n) is 7.45. The van der Waals surface area contributed by atoms with Crippen molar-refractivity contribution in [1.82, 2.24) is 9.55 Å². The predicted octanol–water partition coefficient (Wildman–Crippen LogP) is 3.04. The van der Waals surface area contributed by atoms with Gasteiger partial charge in [-0.1, -0.05) is 0 Å². The van der Waals surface area contributed by atoms with Gasteiger partial charge in [0.15, 0.2) is 0 Å². The number of fused-ring (bicyclic) bond motifs is 1. The van der Waals surface area contributed by atoms with Crippen molar-refractivity contribution in [3.63, 3.8) is 0 Å². The van der Waals surface area contributed by atoms with Crippen molar-refractivity contribution in [3.05, 3.63) is 29.6 Å². The third-order valence-electron chi connectivity index (χ3n) is 3.86. The summed E-state index contributed by atoms with van der Waals surface area (Å²) in [6.45, 7) is 5.49. The van der Waals surface area contributed by atoms with Gasteiger partial charge in [-0.25, -0.2) is 9.78 Å². The average Bonchev–Trinajstić information content (AvgIpc) is 3.22. The molecule has 1 heterocycles. The van der Waals surface area contributed by atoms with Gasteiger partial charge in [-0.2, -0.15) is 0 Å². The Hall–Kier alpha value is -1.88. The summed E-state index contributed by atoms with van der Waals surface area (Å²) in [5.74, 6) is 0.667. The second-order valence-electron chi connectivity index (χ2n) is 5.63. The van der Waals surface area contributed by atoms with Crippen LogP contribution in [0.5, 0.6) is 0 Å². The number of hydrogen-bond donors (Lipinski definition) is 1. The zero-order valence-corrected chi connectivity index (χ0v) is 12.4. The van der Waals surface area contributed by atoms with Gasteiger partial charge < -0.3 is 14.4 Å². The summed E-state index contributed by atoms with van der Waals surface area (Å²) in [5.41, 5.74) is 2.04. The Kier molecular flexibility index (Phi) is 3.68. The summed E-state index contributed by atoms with van der Waals surface area (Å²) >= 11 is 0. The molecule has 1 atom stereocenters. The van der Waals surface area contributed by atoms with Gasteiger partial charge in [-0.3, -0.25) is 0 Å². The monoisotopic (exact) mass is 288 g/mol. The number of rotatable bonds is 6. The number of imidazole rings is 1. The lowest BCUT2D eigenvalue weighted by atomic mass is 10.2. The molecule has 1 aromatic heterocycles. The van der Waals surface area contributed by atoms with Crippen LogP contribution >= 0.6 is 0 Å². The summed E-state index contributed by atoms with van der Waals surface area (Å²) in [6.07, 6.45) is 2.44. The molecule has 1 unspecified atom stereocenters. The van der Waals surface area contributed by atoms with E-state index in [1.54, 1.807) is 12.1 Å². The van der Waals surface area contributed by atoms with Gasteiger partial charge in [0.25, 0.3) is 0 Å². The third-order valence-corrected chi connectivity index (χ3v) is 3.86. The Morgan fingerprint density at radius 2 is 2.29 bits per heavy atom. The third kappa shape index (κ3) is 2.78. The first-order chi connectivity index (χ1) is 10.1. The molecule has 0 aliphatic heterocycles. The Morgan fingerprint density at radius 3 is 2.90 bits per heavy atom. The highest BCUT2D eigenvalue weighted by Crippen LogP contribution is 2.40. The van der Waals surface area contributed by atoms with E-state index in [0.717, 1.165) is 36.2 Å². The Labute approximate surface area is 123 Å². The molecule has 1 aliphatic rings. The van der Waals surface area contributed by atoms with Crippen molar-refractivity contribution >= 4 is 17.0 Å². The summed E-state index contributed by atoms with van der Waals surface area (Å²) in [6, 6.07) is 5.16. The molecule has 1 saturated carbocycles. The standard InChI is InChI=1S/C16H20N2O3/c1-3-21-10(2)9-18-14-7-6-12(16(19)20)8-13(14)17-15(18)11-4-5-11/h6-8,10-11H,3-5,9H2,1-2H3,(H,19,20). The van der Waals surface area contributed by atoms with E-state index in [1.807, 2.05) is 13.0 Å². The molecule has 1 fully saturated rings. The van der Waals surface area contributed by atoms with Crippen molar-refractivity contribution in [2.75, 3.05) is 6.61 Å². The summed E-state index contributed by atoms with van der Waals surface area (Å²) in [4.78, 5) is 15.8. The van der Waals surface area contributed by atoms with Crippen LogP contribution in [0.15, 0.2) is 18.2 Å². The molecule has 5 heteroatoms. The summed E-state index contributed by atoms with van der Waals surface area (Å²) in [7, 11) is 0. The van der Waals surface area contributed by atoms with Gasteiger partial charge in [-0.05, 0) is 44.9 Å². The van der Waals surface area contributed by atoms with Crippen molar-refractivity contribution in [2.45, 2.75) is 45.3 Å². The first kappa shape index (κ1) is 14.1. The van der Waals surface area contributed by atoms with E-state index < -0.39 is 5.97 Å². The van der Waals surface area contributed by atoms with Gasteiger partial charge >= 0.3 is 5.97 Å². The topological polar surface area (TPSA) is 64.4 Å². The van der Waals surface area contributed by atoms with Crippen LogP contribution in [0.2, 0.25) is 0 Å². The van der Waals surface area contributed by atoms with Crippen molar-refractivity contribution in [2.24, 2.45) is 0 Å². The van der Waals surface area contributed by atoms with Crippen molar-refractivity contribution in [3.8, 4) is 0 Å². The highest BCUT2D eigenvalue weighted by molar-refractivity contribution is 5.92. The molecule has 0 saturated heterocycles. The SMILES string of the molecule is CCOC(C)Cn1c(C2CC2)nc2cc(C(=O)O)ccc21. The van der Waals surface area contributed by atoms with Crippen LogP contribution in [-0.4, -0.2) is 33.3 Å². The Morgan fingerprint density at radius 1 is 1.52 bits per heavy atom. The smallest absolute Gasteiger partial charge is 0.335 e. The minimum absolute atomic E-state index is 0.115. The van der Waals surface area contributed by atoms with Crippen molar-refractivity contribution in [1.29, 1.82) is 0 Å². The zero-order valence-electron chi connectivity index (χ0n) is 12.4. The lowest BCUT2D eigenvalue weighted by Gasteiger charge is -2.15. The number of ether oxygens (including phenoxy) is 1. The predicted molar refractivity (Wildman–Crippen MR) is 79.8 cm³/mol. The molecule has 0 spiro atoms. The lowest BCUT2D eigenvalue weighted by Crippen LogP contribution is -2.18. The number of nitrogens with zero attached hydrogens (tertiary/aromatic N) is 2. The molecule has 3 rings (SSSR count). The molecule has 5 nitrogen and oxygen atoms in total. The van der Waals surface area contributed by atoms with E-state index in [2.05, 4.69) is 16.5 Å². The number of benzene rings is 1. The Balaban J connectivity index is 2.03. The highest BCUT2D eigenvalue weighted by Gasteiger charge is 2.30. The first-order valence-corrected chi connectivity index (χ1v) is 7.45. The quantitative estimate of drug-likeness (QED) is 0.887. The second kappa shape index (κ2) is 5.48. The number of carboxylic acids is 1. The molecule has 2 aromatic rings. The Bertz CT molecular complexity index is 673. The van der Waals surface area contributed by atoms with Crippen LogP contribution in [-0.2, 0) is 11.3 Å². The maximum atomic E-state index is 11.1. The van der Waals surface area contributed by atoms with Crippen molar-refractivity contribution < 1.29 is 14.6 Å². The van der Waals surface area contributed by atoms with E-state index in [4.69, 9.17) is 9.84 Å². The molecule has 21 heavy (non-hydrogen) atoms.